The number of ether oxygens (including phenoxy) is 1. The molecule has 1 atom stereocenters. The second kappa shape index (κ2) is 7.62. The van der Waals surface area contributed by atoms with E-state index in [0.717, 1.165) is 28.9 Å². The first-order valence-electron chi connectivity index (χ1n) is 9.20. The number of halogens is 1. The van der Waals surface area contributed by atoms with Crippen molar-refractivity contribution in [1.82, 2.24) is 15.3 Å². The molecule has 0 saturated heterocycles. The van der Waals surface area contributed by atoms with Crippen molar-refractivity contribution in [2.24, 2.45) is 5.92 Å². The van der Waals surface area contributed by atoms with Crippen molar-refractivity contribution in [3.63, 3.8) is 0 Å². The minimum atomic E-state index is -0.0719. The summed E-state index contributed by atoms with van der Waals surface area (Å²) in [4.78, 5) is 20.2. The highest BCUT2D eigenvalue weighted by Crippen LogP contribution is 2.39. The van der Waals surface area contributed by atoms with Gasteiger partial charge in [0, 0.05) is 36.4 Å². The van der Waals surface area contributed by atoms with Crippen LogP contribution in [-0.2, 0) is 11.2 Å². The molecule has 136 valence electrons. The summed E-state index contributed by atoms with van der Waals surface area (Å²) in [6.45, 7) is 0.514. The lowest BCUT2D eigenvalue weighted by atomic mass is 10.0. The highest BCUT2D eigenvalue weighted by Gasteiger charge is 2.27. The van der Waals surface area contributed by atoms with E-state index in [1.54, 1.807) is 12.4 Å². The highest BCUT2D eigenvalue weighted by atomic mass is 35.5. The van der Waals surface area contributed by atoms with Crippen LogP contribution in [0.15, 0.2) is 30.9 Å². The second-order valence-corrected chi connectivity index (χ2v) is 7.58. The summed E-state index contributed by atoms with van der Waals surface area (Å²) in [5, 5.41) is 3.61. The van der Waals surface area contributed by atoms with Crippen LogP contribution in [0.1, 0.15) is 37.7 Å². The average Bonchev–Trinajstić information content (AvgIpc) is 3.30. The molecule has 0 bridgehead atoms. The number of nitrogens with one attached hydrogen (secondary N) is 1. The minimum absolute atomic E-state index is 0.0719. The molecule has 0 unspecified atom stereocenters. The van der Waals surface area contributed by atoms with Crippen LogP contribution in [0.25, 0.3) is 11.1 Å². The SMILES string of the molecule is O=C(CC1CCCC1)NC[C@H]1Cc2cc(-c3cncnc3)cc(Cl)c2O1. The molecule has 5 nitrogen and oxygen atoms in total. The van der Waals surface area contributed by atoms with E-state index in [2.05, 4.69) is 21.4 Å². The molecule has 2 aliphatic rings. The molecule has 0 radical (unpaired) electrons. The van der Waals surface area contributed by atoms with E-state index in [4.69, 9.17) is 16.3 Å². The molecule has 1 fully saturated rings. The maximum atomic E-state index is 12.1. The van der Waals surface area contributed by atoms with E-state index in [9.17, 15) is 4.79 Å². The van der Waals surface area contributed by atoms with Gasteiger partial charge in [0.1, 0.15) is 18.2 Å². The number of rotatable bonds is 5. The molecule has 26 heavy (non-hydrogen) atoms. The number of amides is 1. The van der Waals surface area contributed by atoms with Crippen LogP contribution in [0, 0.1) is 5.92 Å². The predicted molar refractivity (Wildman–Crippen MR) is 100 cm³/mol. The Morgan fingerprint density at radius 2 is 1.96 bits per heavy atom. The summed E-state index contributed by atoms with van der Waals surface area (Å²) < 4.78 is 5.97. The largest absolute Gasteiger partial charge is 0.486 e. The summed E-state index contributed by atoms with van der Waals surface area (Å²) in [6, 6.07) is 3.94. The Kier molecular flexibility index (Phi) is 5.07. The molecule has 1 aliphatic carbocycles. The zero-order valence-electron chi connectivity index (χ0n) is 14.6. The maximum absolute atomic E-state index is 12.1. The molecule has 1 aromatic carbocycles. The number of fused-ring (bicyclic) bond motifs is 1. The second-order valence-electron chi connectivity index (χ2n) is 7.18. The maximum Gasteiger partial charge on any atom is 0.220 e. The number of hydrogen-bond acceptors (Lipinski definition) is 4. The molecule has 1 N–H and O–H groups in total. The van der Waals surface area contributed by atoms with Gasteiger partial charge in [0.15, 0.2) is 0 Å². The molecule has 4 rings (SSSR count). The monoisotopic (exact) mass is 371 g/mol. The standard InChI is InChI=1S/C20H22ClN3O2/c21-18-8-14(16-9-22-12-23-10-16)6-15-7-17(26-20(15)18)11-24-19(25)5-13-3-1-2-4-13/h6,8-10,12-13,17H,1-5,7,11H2,(H,24,25)/t17-/m1/s1. The normalized spacial score (nSPS) is 19.2. The van der Waals surface area contributed by atoms with Crippen LogP contribution in [0.2, 0.25) is 5.02 Å². The summed E-state index contributed by atoms with van der Waals surface area (Å²) in [7, 11) is 0. The third-order valence-corrected chi connectivity index (χ3v) is 5.50. The molecule has 0 spiro atoms. The van der Waals surface area contributed by atoms with Gasteiger partial charge >= 0.3 is 0 Å². The number of carbonyl (C=O) groups excluding carboxylic acids is 1. The summed E-state index contributed by atoms with van der Waals surface area (Å²) >= 11 is 6.41. The molecule has 1 amide bonds. The smallest absolute Gasteiger partial charge is 0.220 e. The molecular weight excluding hydrogens is 350 g/mol. The van der Waals surface area contributed by atoms with Crippen molar-refractivity contribution in [3.05, 3.63) is 41.4 Å². The zero-order chi connectivity index (χ0) is 17.9. The van der Waals surface area contributed by atoms with E-state index in [1.807, 2.05) is 6.07 Å². The van der Waals surface area contributed by atoms with Gasteiger partial charge in [-0.1, -0.05) is 24.4 Å². The predicted octanol–water partition coefficient (Wildman–Crippen LogP) is 3.80. The van der Waals surface area contributed by atoms with Crippen LogP contribution in [-0.4, -0.2) is 28.5 Å². The number of hydrogen-bond donors (Lipinski definition) is 1. The summed E-state index contributed by atoms with van der Waals surface area (Å²) in [5.41, 5.74) is 2.96. The van der Waals surface area contributed by atoms with Crippen LogP contribution >= 0.6 is 11.6 Å². The molecule has 1 aliphatic heterocycles. The fraction of sp³-hybridized carbons (Fsp3) is 0.450. The van der Waals surface area contributed by atoms with Gasteiger partial charge in [-0.15, -0.1) is 0 Å². The first kappa shape index (κ1) is 17.3. The number of benzene rings is 1. The van der Waals surface area contributed by atoms with Crippen molar-refractivity contribution >= 4 is 17.5 Å². The summed E-state index contributed by atoms with van der Waals surface area (Å²) in [5.74, 6) is 1.41. The van der Waals surface area contributed by atoms with E-state index in [-0.39, 0.29) is 12.0 Å². The lowest BCUT2D eigenvalue weighted by molar-refractivity contribution is -0.122. The Hall–Kier alpha value is -2.14. The molecule has 1 saturated carbocycles. The van der Waals surface area contributed by atoms with Crippen molar-refractivity contribution in [1.29, 1.82) is 0 Å². The Morgan fingerprint density at radius 1 is 1.19 bits per heavy atom. The van der Waals surface area contributed by atoms with Gasteiger partial charge in [-0.25, -0.2) is 9.97 Å². The Labute approximate surface area is 158 Å². The minimum Gasteiger partial charge on any atom is -0.486 e. The average molecular weight is 372 g/mol. The van der Waals surface area contributed by atoms with Crippen LogP contribution in [0.4, 0.5) is 0 Å². The van der Waals surface area contributed by atoms with Crippen LogP contribution in [0.5, 0.6) is 5.75 Å². The first-order valence-corrected chi connectivity index (χ1v) is 9.58. The third-order valence-electron chi connectivity index (χ3n) is 5.22. The van der Waals surface area contributed by atoms with E-state index < -0.39 is 0 Å². The van der Waals surface area contributed by atoms with Crippen LogP contribution < -0.4 is 10.1 Å². The number of carbonyl (C=O) groups is 1. The quantitative estimate of drug-likeness (QED) is 0.868. The van der Waals surface area contributed by atoms with E-state index >= 15 is 0 Å². The first-order chi connectivity index (χ1) is 12.7. The molecule has 6 heteroatoms. The Morgan fingerprint density at radius 3 is 2.73 bits per heavy atom. The van der Waals surface area contributed by atoms with E-state index in [0.29, 0.717) is 23.9 Å². The Bertz CT molecular complexity index is 791. The van der Waals surface area contributed by atoms with Crippen molar-refractivity contribution < 1.29 is 9.53 Å². The molecule has 2 aromatic rings. The molecule has 1 aromatic heterocycles. The lowest BCUT2D eigenvalue weighted by Crippen LogP contribution is -2.35. The zero-order valence-corrected chi connectivity index (χ0v) is 15.3. The van der Waals surface area contributed by atoms with Gasteiger partial charge in [-0.05, 0) is 36.5 Å². The van der Waals surface area contributed by atoms with Crippen molar-refractivity contribution in [2.45, 2.75) is 44.6 Å². The number of nitrogens with zero attached hydrogens (tertiary/aromatic N) is 2. The molecular formula is C20H22ClN3O2. The van der Waals surface area contributed by atoms with Crippen molar-refractivity contribution in [3.8, 4) is 16.9 Å². The Balaban J connectivity index is 1.37. The fourth-order valence-corrected chi connectivity index (χ4v) is 4.18. The van der Waals surface area contributed by atoms with Crippen LogP contribution in [0.3, 0.4) is 0 Å². The molecule has 2 heterocycles. The van der Waals surface area contributed by atoms with Crippen molar-refractivity contribution in [2.75, 3.05) is 6.54 Å². The lowest BCUT2D eigenvalue weighted by Gasteiger charge is -2.14. The van der Waals surface area contributed by atoms with E-state index in [1.165, 1.54) is 32.0 Å². The van der Waals surface area contributed by atoms with Gasteiger partial charge in [0.2, 0.25) is 5.91 Å². The third kappa shape index (κ3) is 3.83. The van der Waals surface area contributed by atoms with Gasteiger partial charge in [-0.2, -0.15) is 0 Å². The van der Waals surface area contributed by atoms with Gasteiger partial charge in [0.25, 0.3) is 0 Å². The highest BCUT2D eigenvalue weighted by molar-refractivity contribution is 6.32. The van der Waals surface area contributed by atoms with Gasteiger partial charge in [-0.3, -0.25) is 4.79 Å². The fourth-order valence-electron chi connectivity index (χ4n) is 3.89. The van der Waals surface area contributed by atoms with Gasteiger partial charge in [0.05, 0.1) is 11.6 Å². The summed E-state index contributed by atoms with van der Waals surface area (Å²) in [6.07, 6.45) is 11.2. The topological polar surface area (TPSA) is 64.1 Å². The number of aromatic nitrogens is 2. The van der Waals surface area contributed by atoms with Gasteiger partial charge < -0.3 is 10.1 Å².